The van der Waals surface area contributed by atoms with Crippen molar-refractivity contribution in [2.45, 2.75) is 62.7 Å². The first-order chi connectivity index (χ1) is 23.5. The summed E-state index contributed by atoms with van der Waals surface area (Å²) in [6, 6.07) is 25.9. The first-order valence-electron chi connectivity index (χ1n) is 17.3. The zero-order chi connectivity index (χ0) is 34.8. The summed E-state index contributed by atoms with van der Waals surface area (Å²) in [7, 11) is -0.370. The molecule has 0 spiro atoms. The number of fused-ring (bicyclic) bond motifs is 2. The summed E-state index contributed by atoms with van der Waals surface area (Å²) < 4.78 is 42.5. The van der Waals surface area contributed by atoms with Crippen molar-refractivity contribution in [3.8, 4) is 0 Å². The van der Waals surface area contributed by atoms with Gasteiger partial charge in [-0.15, -0.1) is 0 Å². The van der Waals surface area contributed by atoms with Crippen LogP contribution >= 0.6 is 0 Å². The molecule has 0 bridgehead atoms. The summed E-state index contributed by atoms with van der Waals surface area (Å²) in [6.45, 7) is 11.5. The molecule has 0 N–H and O–H groups in total. The van der Waals surface area contributed by atoms with E-state index >= 15 is 0 Å². The Morgan fingerprint density at radius 3 is 2.18 bits per heavy atom. The van der Waals surface area contributed by atoms with E-state index in [0.29, 0.717) is 48.9 Å². The van der Waals surface area contributed by atoms with Gasteiger partial charge in [0.2, 0.25) is 15.5 Å². The van der Waals surface area contributed by atoms with Gasteiger partial charge >= 0.3 is 0 Å². The standard InChI is InChI=1S/C42H49N2O4S/c1-41(2)34-19-10-12-21-36(34)43(27-29-47-5)38(41)25-23-31-15-14-16-32(40(31)49(45,46)33-17-8-7-9-18-33)24-26-39-42(3,4)35-20-11-13-22-37(35)44(39)28-30-48-6/h7-13,17-26H,14-16,27-30H2,1-6H3/q+1. The molecule has 256 valence electrons. The van der Waals surface area contributed by atoms with E-state index in [2.05, 4.69) is 110 Å². The molecule has 0 atom stereocenters. The second-order valence-electron chi connectivity index (χ2n) is 14.1. The first kappa shape index (κ1) is 34.8. The molecule has 2 heterocycles. The summed E-state index contributed by atoms with van der Waals surface area (Å²) in [5.74, 6) is 0. The molecule has 6 nitrogen and oxygen atoms in total. The molecule has 0 aromatic heterocycles. The van der Waals surface area contributed by atoms with Crippen molar-refractivity contribution >= 4 is 26.9 Å². The Morgan fingerprint density at radius 2 is 1.45 bits per heavy atom. The molecule has 2 aliphatic heterocycles. The minimum absolute atomic E-state index is 0.258. The van der Waals surface area contributed by atoms with Crippen LogP contribution in [0.5, 0.6) is 0 Å². The van der Waals surface area contributed by atoms with E-state index in [1.54, 1.807) is 38.5 Å². The number of hydrogen-bond acceptors (Lipinski definition) is 5. The Balaban J connectivity index is 1.50. The number of allylic oxidation sites excluding steroid dienone is 7. The van der Waals surface area contributed by atoms with Crippen LogP contribution in [0.2, 0.25) is 0 Å². The van der Waals surface area contributed by atoms with E-state index in [4.69, 9.17) is 9.47 Å². The van der Waals surface area contributed by atoms with Gasteiger partial charge in [-0.05, 0) is 74.1 Å². The summed E-state index contributed by atoms with van der Waals surface area (Å²) in [5, 5.41) is 0. The highest BCUT2D eigenvalue weighted by Gasteiger charge is 2.44. The minimum atomic E-state index is -3.82. The van der Waals surface area contributed by atoms with E-state index in [1.165, 1.54) is 22.5 Å². The van der Waals surface area contributed by atoms with Crippen molar-refractivity contribution in [3.63, 3.8) is 0 Å². The molecule has 0 fully saturated rings. The number of nitrogens with zero attached hydrogens (tertiary/aromatic N) is 2. The van der Waals surface area contributed by atoms with E-state index in [-0.39, 0.29) is 10.8 Å². The topological polar surface area (TPSA) is 58.9 Å². The fraction of sp³-hybridized carbons (Fsp3) is 0.357. The minimum Gasteiger partial charge on any atom is -0.383 e. The van der Waals surface area contributed by atoms with Gasteiger partial charge in [-0.1, -0.05) is 80.6 Å². The molecular formula is C42H49N2O4S+. The van der Waals surface area contributed by atoms with E-state index in [9.17, 15) is 8.42 Å². The quantitative estimate of drug-likeness (QED) is 0.191. The Bertz CT molecular complexity index is 1980. The number of para-hydroxylation sites is 2. The maximum atomic E-state index is 14.6. The van der Waals surface area contributed by atoms with Crippen LogP contribution in [0.1, 0.15) is 58.1 Å². The lowest BCUT2D eigenvalue weighted by Crippen LogP contribution is -2.29. The van der Waals surface area contributed by atoms with Gasteiger partial charge in [-0.2, -0.15) is 4.58 Å². The Labute approximate surface area is 292 Å². The molecule has 0 unspecified atom stereocenters. The van der Waals surface area contributed by atoms with Gasteiger partial charge in [-0.3, -0.25) is 0 Å². The fourth-order valence-electron chi connectivity index (χ4n) is 7.77. The fourth-order valence-corrected chi connectivity index (χ4v) is 9.55. The molecule has 3 aromatic carbocycles. The summed E-state index contributed by atoms with van der Waals surface area (Å²) in [5.41, 5.74) is 8.29. The maximum absolute atomic E-state index is 14.6. The van der Waals surface area contributed by atoms with Crippen LogP contribution in [-0.2, 0) is 30.1 Å². The predicted molar refractivity (Wildman–Crippen MR) is 200 cm³/mol. The molecule has 3 aromatic rings. The average molecular weight is 678 g/mol. The lowest BCUT2D eigenvalue weighted by Gasteiger charge is -2.27. The van der Waals surface area contributed by atoms with Crippen LogP contribution in [0.3, 0.4) is 0 Å². The number of anilines is 1. The van der Waals surface area contributed by atoms with Crippen molar-refractivity contribution in [2.24, 2.45) is 0 Å². The second-order valence-corrected chi connectivity index (χ2v) is 15.9. The highest BCUT2D eigenvalue weighted by Crippen LogP contribution is 2.48. The predicted octanol–water partition coefficient (Wildman–Crippen LogP) is 8.43. The molecular weight excluding hydrogens is 629 g/mol. The normalized spacial score (nSPS) is 20.2. The highest BCUT2D eigenvalue weighted by molar-refractivity contribution is 7.95. The second kappa shape index (κ2) is 14.1. The summed E-state index contributed by atoms with van der Waals surface area (Å²) in [6.07, 6.45) is 10.7. The number of rotatable bonds is 11. The van der Waals surface area contributed by atoms with E-state index < -0.39 is 9.84 Å². The van der Waals surface area contributed by atoms with Gasteiger partial charge in [-0.25, -0.2) is 8.42 Å². The monoisotopic (exact) mass is 677 g/mol. The third kappa shape index (κ3) is 6.40. The lowest BCUT2D eigenvalue weighted by molar-refractivity contribution is -0.441. The zero-order valence-corrected chi connectivity index (χ0v) is 30.5. The van der Waals surface area contributed by atoms with Crippen LogP contribution in [-0.4, -0.2) is 59.2 Å². The number of ether oxygens (including phenoxy) is 2. The Kier molecular flexibility index (Phi) is 9.99. The van der Waals surface area contributed by atoms with Crippen molar-refractivity contribution in [1.82, 2.24) is 0 Å². The molecule has 1 aliphatic carbocycles. The van der Waals surface area contributed by atoms with Crippen molar-refractivity contribution in [1.29, 1.82) is 0 Å². The number of hydrogen-bond donors (Lipinski definition) is 0. The number of methoxy groups -OCH3 is 2. The third-order valence-electron chi connectivity index (χ3n) is 10.3. The van der Waals surface area contributed by atoms with Gasteiger partial charge in [0.05, 0.1) is 21.8 Å². The lowest BCUT2D eigenvalue weighted by atomic mass is 9.81. The zero-order valence-electron chi connectivity index (χ0n) is 29.7. The van der Waals surface area contributed by atoms with Gasteiger partial charge in [0.1, 0.15) is 6.61 Å². The molecule has 0 saturated carbocycles. The van der Waals surface area contributed by atoms with Crippen LogP contribution in [0, 0.1) is 0 Å². The van der Waals surface area contributed by atoms with Crippen molar-refractivity contribution in [2.75, 3.05) is 45.4 Å². The van der Waals surface area contributed by atoms with Gasteiger partial charge < -0.3 is 14.4 Å². The van der Waals surface area contributed by atoms with Gasteiger partial charge in [0, 0.05) is 55.3 Å². The highest BCUT2D eigenvalue weighted by atomic mass is 32.2. The SMILES string of the molecule is COCCN1/C(=C/C=C2\CCCC(/C=C/C3=[N+](CCOC)c4ccccc4C3(C)C)=C2S(=O)(=O)c2ccccc2)C(C)(C)c2ccccc21. The molecule has 0 radical (unpaired) electrons. The molecule has 0 saturated heterocycles. The van der Waals surface area contributed by atoms with Crippen molar-refractivity contribution < 1.29 is 22.5 Å². The van der Waals surface area contributed by atoms with E-state index in [1.807, 2.05) is 6.07 Å². The van der Waals surface area contributed by atoms with Crippen LogP contribution in [0.25, 0.3) is 0 Å². The van der Waals surface area contributed by atoms with Crippen LogP contribution in [0.4, 0.5) is 11.4 Å². The van der Waals surface area contributed by atoms with Crippen molar-refractivity contribution in [3.05, 3.63) is 136 Å². The largest absolute Gasteiger partial charge is 0.383 e. The Morgan fingerprint density at radius 1 is 0.776 bits per heavy atom. The molecule has 7 heteroatoms. The maximum Gasteiger partial charge on any atom is 0.209 e. The van der Waals surface area contributed by atoms with E-state index in [0.717, 1.165) is 29.0 Å². The Hall–Kier alpha value is -4.04. The smallest absolute Gasteiger partial charge is 0.209 e. The first-order valence-corrected chi connectivity index (χ1v) is 18.7. The third-order valence-corrected chi connectivity index (χ3v) is 12.3. The molecule has 0 amide bonds. The average Bonchev–Trinajstić information content (AvgIpc) is 3.46. The molecule has 3 aliphatic rings. The number of sulfone groups is 1. The van der Waals surface area contributed by atoms with Crippen LogP contribution < -0.4 is 4.90 Å². The van der Waals surface area contributed by atoms with Crippen LogP contribution in [0.15, 0.2) is 130 Å². The molecule has 6 rings (SSSR count). The summed E-state index contributed by atoms with van der Waals surface area (Å²) in [4.78, 5) is 3.06. The van der Waals surface area contributed by atoms with Gasteiger partial charge in [0.15, 0.2) is 12.3 Å². The number of benzene rings is 3. The summed E-state index contributed by atoms with van der Waals surface area (Å²) >= 11 is 0. The van der Waals surface area contributed by atoms with Gasteiger partial charge in [0.25, 0.3) is 0 Å². The molecule has 49 heavy (non-hydrogen) atoms.